The molecule has 0 saturated carbocycles. The van der Waals surface area contributed by atoms with Crippen LogP contribution in [0.3, 0.4) is 0 Å². The first kappa shape index (κ1) is 23.1. The van der Waals surface area contributed by atoms with Crippen molar-refractivity contribution in [2.45, 2.75) is 59.3 Å². The zero-order valence-corrected chi connectivity index (χ0v) is 21.5. The van der Waals surface area contributed by atoms with Crippen molar-refractivity contribution in [1.29, 1.82) is 0 Å². The Morgan fingerprint density at radius 2 is 1.97 bits per heavy atom. The normalized spacial score (nSPS) is 19.2. The number of carbonyl (C=O) groups excluding carboxylic acids is 1. The van der Waals surface area contributed by atoms with E-state index in [1.54, 1.807) is 0 Å². The van der Waals surface area contributed by atoms with Gasteiger partial charge in [-0.2, -0.15) is 0 Å². The summed E-state index contributed by atoms with van der Waals surface area (Å²) in [7, 11) is 0. The maximum absolute atomic E-state index is 12.9. The van der Waals surface area contributed by atoms with E-state index < -0.39 is 0 Å². The van der Waals surface area contributed by atoms with E-state index in [1.807, 2.05) is 47.4 Å². The molecule has 2 aliphatic rings. The van der Waals surface area contributed by atoms with E-state index in [4.69, 9.17) is 9.97 Å². The molecule has 3 aromatic rings. The summed E-state index contributed by atoms with van der Waals surface area (Å²) in [4.78, 5) is 30.1. The number of hydrogen-bond acceptors (Lipinski definition) is 5. The van der Waals surface area contributed by atoms with Gasteiger partial charge in [0.05, 0.1) is 5.39 Å². The maximum Gasteiger partial charge on any atom is 0.321 e. The smallest absolute Gasteiger partial charge is 0.321 e. The van der Waals surface area contributed by atoms with Crippen LogP contribution in [-0.2, 0) is 12.8 Å². The fraction of sp³-hybridized carbons (Fsp3) is 0.519. The van der Waals surface area contributed by atoms with Crippen LogP contribution in [0.5, 0.6) is 0 Å². The largest absolute Gasteiger partial charge is 0.352 e. The van der Waals surface area contributed by atoms with E-state index in [1.165, 1.54) is 22.2 Å². The number of urea groups is 1. The number of amides is 2. The van der Waals surface area contributed by atoms with Gasteiger partial charge in [-0.05, 0) is 55.7 Å². The lowest BCUT2D eigenvalue weighted by atomic mass is 9.89. The lowest BCUT2D eigenvalue weighted by molar-refractivity contribution is 0.208. The van der Waals surface area contributed by atoms with Crippen molar-refractivity contribution in [3.63, 3.8) is 0 Å². The molecular formula is C27H35N5OS. The number of thiophene rings is 1. The second-order valence-electron chi connectivity index (χ2n) is 9.97. The van der Waals surface area contributed by atoms with Gasteiger partial charge in [-0.3, -0.25) is 0 Å². The molecule has 0 unspecified atom stereocenters. The van der Waals surface area contributed by atoms with Crippen LogP contribution in [0, 0.1) is 12.8 Å². The SMILES string of the molecule is CC[C@H](C)c1nc(N2CCN(C(=O)Nc3ccccc3C)CC2)c2c3c(sc2n1)C[C@H](C)CC3. The summed E-state index contributed by atoms with van der Waals surface area (Å²) in [5, 5.41) is 4.36. The van der Waals surface area contributed by atoms with Gasteiger partial charge in [0.25, 0.3) is 0 Å². The molecule has 0 bridgehead atoms. The Bertz CT molecular complexity index is 1200. The summed E-state index contributed by atoms with van der Waals surface area (Å²) < 4.78 is 0. The van der Waals surface area contributed by atoms with E-state index in [2.05, 4.69) is 31.0 Å². The minimum Gasteiger partial charge on any atom is -0.352 e. The van der Waals surface area contributed by atoms with Crippen LogP contribution in [0.1, 0.15) is 61.4 Å². The summed E-state index contributed by atoms with van der Waals surface area (Å²) in [5.41, 5.74) is 3.43. The Balaban J connectivity index is 1.40. The Kier molecular flexibility index (Phi) is 6.47. The summed E-state index contributed by atoms with van der Waals surface area (Å²) in [6, 6.07) is 7.90. The van der Waals surface area contributed by atoms with Crippen LogP contribution in [0.25, 0.3) is 10.2 Å². The topological polar surface area (TPSA) is 61.4 Å². The number of piperazine rings is 1. The highest BCUT2D eigenvalue weighted by atomic mass is 32.1. The molecule has 6 nitrogen and oxygen atoms in total. The number of nitrogens with zero attached hydrogens (tertiary/aromatic N) is 4. The minimum atomic E-state index is -0.0241. The second kappa shape index (κ2) is 9.53. The average molecular weight is 478 g/mol. The predicted octanol–water partition coefficient (Wildman–Crippen LogP) is 5.99. The highest BCUT2D eigenvalue weighted by Crippen LogP contribution is 2.42. The third-order valence-electron chi connectivity index (χ3n) is 7.46. The molecule has 2 amide bonds. The molecule has 1 aliphatic carbocycles. The fourth-order valence-electron chi connectivity index (χ4n) is 5.00. The van der Waals surface area contributed by atoms with E-state index in [-0.39, 0.29) is 6.03 Å². The first-order valence-electron chi connectivity index (χ1n) is 12.6. The lowest BCUT2D eigenvalue weighted by Crippen LogP contribution is -2.50. The molecule has 34 heavy (non-hydrogen) atoms. The summed E-state index contributed by atoms with van der Waals surface area (Å²) in [5.74, 6) is 3.12. The van der Waals surface area contributed by atoms with Gasteiger partial charge in [0.15, 0.2) is 0 Å². The number of carbonyl (C=O) groups is 1. The van der Waals surface area contributed by atoms with Crippen molar-refractivity contribution in [1.82, 2.24) is 14.9 Å². The summed E-state index contributed by atoms with van der Waals surface area (Å²) in [6.07, 6.45) is 4.54. The van der Waals surface area contributed by atoms with Gasteiger partial charge in [-0.15, -0.1) is 11.3 Å². The van der Waals surface area contributed by atoms with Gasteiger partial charge >= 0.3 is 6.03 Å². The Labute approximate surface area is 206 Å². The summed E-state index contributed by atoms with van der Waals surface area (Å²) >= 11 is 1.88. The fourth-order valence-corrected chi connectivity index (χ4v) is 6.38. The zero-order chi connectivity index (χ0) is 23.8. The molecule has 5 rings (SSSR count). The first-order chi connectivity index (χ1) is 16.4. The quantitative estimate of drug-likeness (QED) is 0.501. The van der Waals surface area contributed by atoms with Crippen molar-refractivity contribution in [2.75, 3.05) is 36.4 Å². The standard InChI is InChI=1S/C27H35N5OS/c1-5-18(3)24-29-25(23-20-11-10-17(2)16-22(20)34-26(23)30-24)31-12-14-32(15-13-31)27(33)28-21-9-7-6-8-19(21)4/h6-9,17-18H,5,10-16H2,1-4H3,(H,28,33)/t17-,18+/m1/s1. The van der Waals surface area contributed by atoms with Gasteiger partial charge in [-0.25, -0.2) is 14.8 Å². The first-order valence-corrected chi connectivity index (χ1v) is 13.4. The Hall–Kier alpha value is -2.67. The van der Waals surface area contributed by atoms with E-state index in [9.17, 15) is 4.79 Å². The number of rotatable bonds is 4. The number of aryl methyl sites for hydroxylation is 2. The lowest BCUT2D eigenvalue weighted by Gasteiger charge is -2.36. The molecular weight excluding hydrogens is 442 g/mol. The zero-order valence-electron chi connectivity index (χ0n) is 20.7. The second-order valence-corrected chi connectivity index (χ2v) is 11.0. The summed E-state index contributed by atoms with van der Waals surface area (Å²) in [6.45, 7) is 11.7. The van der Waals surface area contributed by atoms with Crippen molar-refractivity contribution in [2.24, 2.45) is 5.92 Å². The molecule has 1 aromatic carbocycles. The average Bonchev–Trinajstić information content (AvgIpc) is 3.21. The molecule has 0 radical (unpaired) electrons. The Morgan fingerprint density at radius 3 is 2.71 bits per heavy atom. The van der Waals surface area contributed by atoms with Crippen LogP contribution in [0.4, 0.5) is 16.3 Å². The third-order valence-corrected chi connectivity index (χ3v) is 8.61. The highest BCUT2D eigenvalue weighted by Gasteiger charge is 2.29. The molecule has 1 fully saturated rings. The van der Waals surface area contributed by atoms with Gasteiger partial charge in [0.2, 0.25) is 0 Å². The van der Waals surface area contributed by atoms with Crippen LogP contribution < -0.4 is 10.2 Å². The highest BCUT2D eigenvalue weighted by molar-refractivity contribution is 7.19. The number of aromatic nitrogens is 2. The number of para-hydroxylation sites is 1. The number of benzene rings is 1. The predicted molar refractivity (Wildman–Crippen MR) is 141 cm³/mol. The molecule has 2 aromatic heterocycles. The third kappa shape index (κ3) is 4.38. The molecule has 2 atom stereocenters. The van der Waals surface area contributed by atoms with E-state index in [0.717, 1.165) is 66.0 Å². The van der Waals surface area contributed by atoms with Crippen molar-refractivity contribution >= 4 is 39.1 Å². The van der Waals surface area contributed by atoms with Crippen LogP contribution in [-0.4, -0.2) is 47.1 Å². The van der Waals surface area contributed by atoms with Gasteiger partial charge < -0.3 is 15.1 Å². The van der Waals surface area contributed by atoms with Crippen LogP contribution >= 0.6 is 11.3 Å². The molecule has 1 N–H and O–H groups in total. The van der Waals surface area contributed by atoms with Crippen LogP contribution in [0.2, 0.25) is 0 Å². The van der Waals surface area contributed by atoms with Gasteiger partial charge in [-0.1, -0.05) is 39.0 Å². The molecule has 1 aliphatic heterocycles. The number of nitrogens with one attached hydrogen (secondary N) is 1. The molecule has 3 heterocycles. The van der Waals surface area contributed by atoms with Gasteiger partial charge in [0.1, 0.15) is 16.5 Å². The number of hydrogen-bond donors (Lipinski definition) is 1. The minimum absolute atomic E-state index is 0.0241. The van der Waals surface area contributed by atoms with Gasteiger partial charge in [0, 0.05) is 42.7 Å². The monoisotopic (exact) mass is 477 g/mol. The van der Waals surface area contributed by atoms with E-state index in [0.29, 0.717) is 19.0 Å². The van der Waals surface area contributed by atoms with E-state index >= 15 is 0 Å². The van der Waals surface area contributed by atoms with Crippen LogP contribution in [0.15, 0.2) is 24.3 Å². The molecule has 0 spiro atoms. The molecule has 180 valence electrons. The molecule has 1 saturated heterocycles. The Morgan fingerprint density at radius 1 is 1.21 bits per heavy atom. The maximum atomic E-state index is 12.9. The molecule has 7 heteroatoms. The van der Waals surface area contributed by atoms with Crippen molar-refractivity contribution in [3.8, 4) is 0 Å². The number of anilines is 2. The van der Waals surface area contributed by atoms with Crippen molar-refractivity contribution < 1.29 is 4.79 Å². The number of fused-ring (bicyclic) bond motifs is 3. The van der Waals surface area contributed by atoms with Crippen molar-refractivity contribution in [3.05, 3.63) is 46.1 Å².